The van der Waals surface area contributed by atoms with Crippen molar-refractivity contribution in [2.24, 2.45) is 5.73 Å². The van der Waals surface area contributed by atoms with Gasteiger partial charge in [-0.1, -0.05) is 0 Å². The largest absolute Gasteiger partial charge is 0.481 e. The van der Waals surface area contributed by atoms with Gasteiger partial charge in [-0.15, -0.1) is 0 Å². The molecule has 0 radical (unpaired) electrons. The second-order valence-corrected chi connectivity index (χ2v) is 4.51. The molecule has 0 spiro atoms. The van der Waals surface area contributed by atoms with E-state index in [1.807, 2.05) is 0 Å². The van der Waals surface area contributed by atoms with Crippen molar-refractivity contribution < 1.29 is 19.5 Å². The normalized spacial score (nSPS) is 21.2. The highest BCUT2D eigenvalue weighted by Crippen LogP contribution is 2.20. The number of carbonyl (C=O) groups excluding carboxylic acids is 2. The summed E-state index contributed by atoms with van der Waals surface area (Å²) in [4.78, 5) is 35.1. The number of carboxylic acids is 1. The fourth-order valence-corrected chi connectivity index (χ4v) is 2.23. The summed E-state index contributed by atoms with van der Waals surface area (Å²) in [6.45, 7) is 2.07. The summed E-state index contributed by atoms with van der Waals surface area (Å²) < 4.78 is 0. The standard InChI is InChI=1S/C11H19N3O4/c1-7(13-11(12)18)10(17)14-5-3-2-4-8(14)6-9(15)16/h7-8H,2-6H2,1H3,(H,15,16)(H3,12,13,18). The van der Waals surface area contributed by atoms with Crippen molar-refractivity contribution in [3.8, 4) is 0 Å². The quantitative estimate of drug-likeness (QED) is 0.652. The number of carboxylic acid groups (broad SMARTS) is 1. The van der Waals surface area contributed by atoms with E-state index in [-0.39, 0.29) is 18.4 Å². The van der Waals surface area contributed by atoms with E-state index in [9.17, 15) is 14.4 Å². The minimum atomic E-state index is -0.921. The molecule has 7 heteroatoms. The topological polar surface area (TPSA) is 113 Å². The van der Waals surface area contributed by atoms with Crippen LogP contribution in [-0.4, -0.2) is 46.5 Å². The predicted molar refractivity (Wildman–Crippen MR) is 63.8 cm³/mol. The van der Waals surface area contributed by atoms with Gasteiger partial charge in [0.2, 0.25) is 5.91 Å². The number of hydrogen-bond acceptors (Lipinski definition) is 3. The number of nitrogens with one attached hydrogen (secondary N) is 1. The molecule has 1 aliphatic rings. The van der Waals surface area contributed by atoms with E-state index in [1.165, 1.54) is 4.90 Å². The van der Waals surface area contributed by atoms with Gasteiger partial charge < -0.3 is 21.1 Å². The van der Waals surface area contributed by atoms with E-state index in [4.69, 9.17) is 10.8 Å². The third kappa shape index (κ3) is 3.90. The molecule has 102 valence electrons. The van der Waals surface area contributed by atoms with E-state index in [1.54, 1.807) is 6.92 Å². The highest BCUT2D eigenvalue weighted by Gasteiger charge is 2.31. The van der Waals surface area contributed by atoms with E-state index < -0.39 is 18.0 Å². The maximum absolute atomic E-state index is 12.1. The van der Waals surface area contributed by atoms with Crippen LogP contribution in [0.1, 0.15) is 32.6 Å². The van der Waals surface area contributed by atoms with Crippen molar-refractivity contribution >= 4 is 17.9 Å². The number of nitrogens with two attached hydrogens (primary N) is 1. The van der Waals surface area contributed by atoms with Gasteiger partial charge in [0.25, 0.3) is 0 Å². The molecule has 1 heterocycles. The monoisotopic (exact) mass is 257 g/mol. The van der Waals surface area contributed by atoms with Crippen LogP contribution < -0.4 is 11.1 Å². The number of nitrogens with zero attached hydrogens (tertiary/aromatic N) is 1. The van der Waals surface area contributed by atoms with Crippen LogP contribution in [0.5, 0.6) is 0 Å². The zero-order chi connectivity index (χ0) is 13.7. The van der Waals surface area contributed by atoms with Gasteiger partial charge in [0.1, 0.15) is 6.04 Å². The Bertz CT molecular complexity index is 345. The van der Waals surface area contributed by atoms with Gasteiger partial charge >= 0.3 is 12.0 Å². The number of urea groups is 1. The zero-order valence-electron chi connectivity index (χ0n) is 10.4. The summed E-state index contributed by atoms with van der Waals surface area (Å²) in [5.74, 6) is -1.20. The molecule has 0 aromatic rings. The number of amides is 3. The van der Waals surface area contributed by atoms with Crippen molar-refractivity contribution in [2.75, 3.05) is 6.54 Å². The molecule has 1 rings (SSSR count). The van der Waals surface area contributed by atoms with Gasteiger partial charge in [0, 0.05) is 12.6 Å². The van der Waals surface area contributed by atoms with Crippen LogP contribution in [0.3, 0.4) is 0 Å². The molecule has 0 bridgehead atoms. The van der Waals surface area contributed by atoms with Gasteiger partial charge in [0.05, 0.1) is 6.42 Å². The predicted octanol–water partition coefficient (Wildman–Crippen LogP) is -0.101. The Morgan fingerprint density at radius 2 is 2.11 bits per heavy atom. The van der Waals surface area contributed by atoms with Crippen LogP contribution in [0.2, 0.25) is 0 Å². The number of aliphatic carboxylic acids is 1. The molecule has 3 amide bonds. The molecule has 0 aliphatic carbocycles. The second kappa shape index (κ2) is 6.23. The Kier molecular flexibility index (Phi) is 4.94. The Labute approximate surface area is 105 Å². The molecule has 7 nitrogen and oxygen atoms in total. The second-order valence-electron chi connectivity index (χ2n) is 4.51. The lowest BCUT2D eigenvalue weighted by Gasteiger charge is -2.36. The lowest BCUT2D eigenvalue weighted by molar-refractivity contribution is -0.142. The molecule has 1 fully saturated rings. The zero-order valence-corrected chi connectivity index (χ0v) is 10.4. The molecule has 18 heavy (non-hydrogen) atoms. The van der Waals surface area contributed by atoms with Crippen LogP contribution in [-0.2, 0) is 9.59 Å². The summed E-state index contributed by atoms with van der Waals surface area (Å²) in [7, 11) is 0. The fraction of sp³-hybridized carbons (Fsp3) is 0.727. The summed E-state index contributed by atoms with van der Waals surface area (Å²) in [5.41, 5.74) is 4.96. The summed E-state index contributed by atoms with van der Waals surface area (Å²) in [6, 6.07) is -1.78. The van der Waals surface area contributed by atoms with Crippen molar-refractivity contribution in [1.29, 1.82) is 0 Å². The first kappa shape index (κ1) is 14.3. The van der Waals surface area contributed by atoms with Crippen LogP contribution >= 0.6 is 0 Å². The lowest BCUT2D eigenvalue weighted by Crippen LogP contribution is -2.53. The van der Waals surface area contributed by atoms with E-state index in [0.29, 0.717) is 13.0 Å². The number of piperidine rings is 1. The Hall–Kier alpha value is -1.79. The highest BCUT2D eigenvalue weighted by atomic mass is 16.4. The van der Waals surface area contributed by atoms with Crippen molar-refractivity contribution in [3.05, 3.63) is 0 Å². The van der Waals surface area contributed by atoms with E-state index in [2.05, 4.69) is 5.32 Å². The maximum atomic E-state index is 12.1. The number of rotatable bonds is 4. The molecule has 4 N–H and O–H groups in total. The number of hydrogen-bond donors (Lipinski definition) is 3. The molecular weight excluding hydrogens is 238 g/mol. The van der Waals surface area contributed by atoms with Crippen molar-refractivity contribution in [3.63, 3.8) is 0 Å². The number of carbonyl (C=O) groups is 3. The van der Waals surface area contributed by atoms with Crippen LogP contribution in [0, 0.1) is 0 Å². The third-order valence-electron chi connectivity index (χ3n) is 3.05. The van der Waals surface area contributed by atoms with Gasteiger partial charge in [-0.25, -0.2) is 4.79 Å². The van der Waals surface area contributed by atoms with Gasteiger partial charge in [-0.2, -0.15) is 0 Å². The Morgan fingerprint density at radius 1 is 1.44 bits per heavy atom. The first-order valence-corrected chi connectivity index (χ1v) is 6.00. The maximum Gasteiger partial charge on any atom is 0.312 e. The number of likely N-dealkylation sites (tertiary alicyclic amines) is 1. The van der Waals surface area contributed by atoms with Gasteiger partial charge in [-0.05, 0) is 26.2 Å². The average Bonchev–Trinajstić information content (AvgIpc) is 2.27. The van der Waals surface area contributed by atoms with Crippen LogP contribution in [0.4, 0.5) is 4.79 Å². The van der Waals surface area contributed by atoms with Crippen LogP contribution in [0.25, 0.3) is 0 Å². The smallest absolute Gasteiger partial charge is 0.312 e. The summed E-state index contributed by atoms with van der Waals surface area (Å²) >= 11 is 0. The van der Waals surface area contributed by atoms with Gasteiger partial charge in [-0.3, -0.25) is 9.59 Å². The molecule has 1 aliphatic heterocycles. The molecule has 1 saturated heterocycles. The fourth-order valence-electron chi connectivity index (χ4n) is 2.23. The molecule has 0 aromatic carbocycles. The average molecular weight is 257 g/mol. The minimum Gasteiger partial charge on any atom is -0.481 e. The number of primary amides is 1. The first-order chi connectivity index (χ1) is 8.41. The lowest BCUT2D eigenvalue weighted by atomic mass is 9.98. The van der Waals surface area contributed by atoms with Crippen molar-refractivity contribution in [1.82, 2.24) is 10.2 Å². The van der Waals surface area contributed by atoms with Crippen LogP contribution in [0.15, 0.2) is 0 Å². The molecular formula is C11H19N3O4. The molecule has 2 unspecified atom stereocenters. The van der Waals surface area contributed by atoms with E-state index in [0.717, 1.165) is 12.8 Å². The van der Waals surface area contributed by atoms with E-state index >= 15 is 0 Å². The Balaban J connectivity index is 2.67. The third-order valence-corrected chi connectivity index (χ3v) is 3.05. The van der Waals surface area contributed by atoms with Crippen molar-refractivity contribution in [2.45, 2.75) is 44.7 Å². The SMILES string of the molecule is CC(NC(N)=O)C(=O)N1CCCCC1CC(=O)O. The minimum absolute atomic E-state index is 0.0605. The summed E-state index contributed by atoms with van der Waals surface area (Å²) in [5, 5.41) is 11.1. The first-order valence-electron chi connectivity index (χ1n) is 6.00. The summed E-state index contributed by atoms with van der Waals surface area (Å²) in [6.07, 6.45) is 2.39. The molecule has 0 aromatic heterocycles. The molecule has 2 atom stereocenters. The molecule has 0 saturated carbocycles. The Morgan fingerprint density at radius 3 is 2.67 bits per heavy atom. The highest BCUT2D eigenvalue weighted by molar-refractivity contribution is 5.86. The van der Waals surface area contributed by atoms with Gasteiger partial charge in [0.15, 0.2) is 0 Å².